The maximum atomic E-state index is 13.8. The first-order chi connectivity index (χ1) is 19.7. The third-order valence-corrected chi connectivity index (χ3v) is 9.24. The standard InChI is InChI=1S/C33H43N5O2S/c1-33(2,3)13-15-38(22-30-35-14-16-37(30)4)31(39)10-8-26(23-11-17-40-18-12-23)27-21-25-20-24(29-6-5-19-41-29)7-9-28(25)36-32(27)34/h5-7,9,14,16,19-21,23,26H,8,10-13,15,17-18,22H2,1-4H3,(H2,34,36). The van der Waals surface area contributed by atoms with E-state index in [0.717, 1.165) is 61.2 Å². The summed E-state index contributed by atoms with van der Waals surface area (Å²) in [7, 11) is 1.98. The van der Waals surface area contributed by atoms with Crippen molar-refractivity contribution in [1.29, 1.82) is 0 Å². The molecule has 4 aromatic rings. The van der Waals surface area contributed by atoms with Gasteiger partial charge in [-0.3, -0.25) is 4.79 Å². The summed E-state index contributed by atoms with van der Waals surface area (Å²) in [6.07, 6.45) is 7.78. The van der Waals surface area contributed by atoms with Crippen molar-refractivity contribution in [3.63, 3.8) is 0 Å². The number of nitrogens with zero attached hydrogens (tertiary/aromatic N) is 4. The highest BCUT2D eigenvalue weighted by molar-refractivity contribution is 7.13. The van der Waals surface area contributed by atoms with Crippen LogP contribution in [0.5, 0.6) is 0 Å². The van der Waals surface area contributed by atoms with Crippen molar-refractivity contribution in [2.45, 2.75) is 65.3 Å². The molecule has 7 nitrogen and oxygen atoms in total. The largest absolute Gasteiger partial charge is 0.383 e. The second-order valence-corrected chi connectivity index (χ2v) is 13.5. The molecule has 8 heteroatoms. The van der Waals surface area contributed by atoms with E-state index in [4.69, 9.17) is 15.5 Å². The number of thiophene rings is 1. The predicted molar refractivity (Wildman–Crippen MR) is 168 cm³/mol. The van der Waals surface area contributed by atoms with Gasteiger partial charge in [0.15, 0.2) is 0 Å². The van der Waals surface area contributed by atoms with Gasteiger partial charge in [0.05, 0.1) is 12.1 Å². The van der Waals surface area contributed by atoms with Crippen LogP contribution in [-0.4, -0.2) is 45.1 Å². The lowest BCUT2D eigenvalue weighted by Crippen LogP contribution is -2.34. The third-order valence-electron chi connectivity index (χ3n) is 8.32. The van der Waals surface area contributed by atoms with Crippen molar-refractivity contribution >= 4 is 34.0 Å². The monoisotopic (exact) mass is 573 g/mol. The summed E-state index contributed by atoms with van der Waals surface area (Å²) >= 11 is 1.74. The van der Waals surface area contributed by atoms with E-state index in [9.17, 15) is 4.79 Å². The van der Waals surface area contributed by atoms with Crippen LogP contribution in [0.1, 0.15) is 70.2 Å². The summed E-state index contributed by atoms with van der Waals surface area (Å²) in [6, 6.07) is 12.8. The number of benzene rings is 1. The zero-order valence-electron chi connectivity index (χ0n) is 24.8. The van der Waals surface area contributed by atoms with Crippen LogP contribution < -0.4 is 5.73 Å². The van der Waals surface area contributed by atoms with Gasteiger partial charge < -0.3 is 19.9 Å². The van der Waals surface area contributed by atoms with Gasteiger partial charge in [-0.05, 0) is 83.7 Å². The van der Waals surface area contributed by atoms with Gasteiger partial charge in [0.1, 0.15) is 11.6 Å². The Hall–Kier alpha value is -3.23. The van der Waals surface area contributed by atoms with E-state index < -0.39 is 0 Å². The van der Waals surface area contributed by atoms with E-state index in [1.54, 1.807) is 17.5 Å². The first-order valence-corrected chi connectivity index (χ1v) is 15.6. The van der Waals surface area contributed by atoms with Crippen LogP contribution in [-0.2, 0) is 23.1 Å². The molecular formula is C33H43N5O2S. The average molecular weight is 574 g/mol. The minimum Gasteiger partial charge on any atom is -0.383 e. The number of fused-ring (bicyclic) bond motifs is 1. The SMILES string of the molecule is Cn1ccnc1CN(CCC(C)(C)C)C(=O)CCC(c1cc2cc(-c3cccs3)ccc2nc1N)C1CCOCC1. The zero-order chi connectivity index (χ0) is 29.0. The third kappa shape index (κ3) is 7.35. The minimum atomic E-state index is 0.137. The topological polar surface area (TPSA) is 86.3 Å². The molecule has 3 aromatic heterocycles. The van der Waals surface area contributed by atoms with Gasteiger partial charge in [0.2, 0.25) is 5.91 Å². The first-order valence-electron chi connectivity index (χ1n) is 14.7. The number of hydrogen-bond acceptors (Lipinski definition) is 6. The summed E-state index contributed by atoms with van der Waals surface area (Å²) in [5.41, 5.74) is 9.93. The van der Waals surface area contributed by atoms with Crippen LogP contribution >= 0.6 is 11.3 Å². The highest BCUT2D eigenvalue weighted by Gasteiger charge is 2.29. The molecule has 1 atom stereocenters. The number of nitrogens with two attached hydrogens (primary N) is 1. The van der Waals surface area contributed by atoms with Crippen LogP contribution in [0.15, 0.2) is 54.2 Å². The number of amides is 1. The first kappa shape index (κ1) is 29.3. The predicted octanol–water partition coefficient (Wildman–Crippen LogP) is 7.03. The summed E-state index contributed by atoms with van der Waals surface area (Å²) in [4.78, 5) is 26.4. The maximum absolute atomic E-state index is 13.8. The lowest BCUT2D eigenvalue weighted by atomic mass is 9.78. The Balaban J connectivity index is 1.41. The molecule has 218 valence electrons. The van der Waals surface area contributed by atoms with Gasteiger partial charge in [-0.2, -0.15) is 0 Å². The Labute approximate surface area is 247 Å². The second kappa shape index (κ2) is 12.7. The van der Waals surface area contributed by atoms with Crippen LogP contribution in [0.25, 0.3) is 21.3 Å². The van der Waals surface area contributed by atoms with Crippen molar-refractivity contribution in [1.82, 2.24) is 19.4 Å². The van der Waals surface area contributed by atoms with E-state index in [2.05, 4.69) is 67.5 Å². The lowest BCUT2D eigenvalue weighted by Gasteiger charge is -2.32. The molecule has 1 amide bonds. The number of ether oxygens (including phenoxy) is 1. The number of carbonyl (C=O) groups is 1. The fourth-order valence-electron chi connectivity index (χ4n) is 5.78. The van der Waals surface area contributed by atoms with Gasteiger partial charge in [0.25, 0.3) is 0 Å². The molecule has 1 aliphatic rings. The van der Waals surface area contributed by atoms with E-state index in [1.807, 2.05) is 22.7 Å². The highest BCUT2D eigenvalue weighted by atomic mass is 32.1. The Bertz CT molecular complexity index is 1450. The summed E-state index contributed by atoms with van der Waals surface area (Å²) < 4.78 is 7.70. The number of aryl methyl sites for hydroxylation is 1. The molecule has 0 radical (unpaired) electrons. The zero-order valence-corrected chi connectivity index (χ0v) is 25.6. The van der Waals surface area contributed by atoms with Crippen molar-refractivity contribution in [2.24, 2.45) is 18.4 Å². The smallest absolute Gasteiger partial charge is 0.222 e. The summed E-state index contributed by atoms with van der Waals surface area (Å²) in [5, 5.41) is 3.19. The average Bonchev–Trinajstić information content (AvgIpc) is 3.63. The molecule has 1 aromatic carbocycles. The van der Waals surface area contributed by atoms with Crippen molar-refractivity contribution in [2.75, 3.05) is 25.5 Å². The van der Waals surface area contributed by atoms with Gasteiger partial charge in [-0.1, -0.05) is 32.9 Å². The van der Waals surface area contributed by atoms with Crippen molar-refractivity contribution in [3.05, 3.63) is 65.6 Å². The molecule has 5 rings (SSSR count). The second-order valence-electron chi connectivity index (χ2n) is 12.5. The number of hydrogen-bond donors (Lipinski definition) is 1. The quantitative estimate of drug-likeness (QED) is 0.220. The Kier molecular flexibility index (Phi) is 9.09. The number of pyridine rings is 1. The van der Waals surface area contributed by atoms with Crippen LogP contribution in [0.3, 0.4) is 0 Å². The number of anilines is 1. The van der Waals surface area contributed by atoms with E-state index in [0.29, 0.717) is 31.2 Å². The molecule has 0 spiro atoms. The van der Waals surface area contributed by atoms with E-state index in [1.165, 1.54) is 10.4 Å². The molecular weight excluding hydrogens is 530 g/mol. The molecule has 0 saturated carbocycles. The number of rotatable bonds is 10. The van der Waals surface area contributed by atoms with Crippen molar-refractivity contribution in [3.8, 4) is 10.4 Å². The summed E-state index contributed by atoms with van der Waals surface area (Å²) in [6.45, 7) is 9.38. The molecule has 0 aliphatic carbocycles. The Morgan fingerprint density at radius 3 is 2.71 bits per heavy atom. The molecule has 1 unspecified atom stereocenters. The number of carbonyl (C=O) groups excluding carboxylic acids is 1. The fourth-order valence-corrected chi connectivity index (χ4v) is 6.51. The normalized spacial score (nSPS) is 15.3. The van der Waals surface area contributed by atoms with E-state index in [-0.39, 0.29) is 17.2 Å². The molecule has 4 heterocycles. The molecule has 41 heavy (non-hydrogen) atoms. The van der Waals surface area contributed by atoms with E-state index >= 15 is 0 Å². The molecule has 1 fully saturated rings. The van der Waals surface area contributed by atoms with Gasteiger partial charge in [-0.15, -0.1) is 11.3 Å². The molecule has 1 saturated heterocycles. The summed E-state index contributed by atoms with van der Waals surface area (Å²) in [5.74, 6) is 2.18. The minimum absolute atomic E-state index is 0.137. The van der Waals surface area contributed by atoms with Gasteiger partial charge >= 0.3 is 0 Å². The molecule has 0 bridgehead atoms. The Morgan fingerprint density at radius 1 is 1.22 bits per heavy atom. The Morgan fingerprint density at radius 2 is 2.02 bits per heavy atom. The molecule has 2 N–H and O–H groups in total. The number of nitrogen functional groups attached to an aromatic ring is 1. The van der Waals surface area contributed by atoms with Crippen LogP contribution in [0.4, 0.5) is 5.82 Å². The number of aromatic nitrogens is 3. The van der Waals surface area contributed by atoms with Gasteiger partial charge in [0, 0.05) is 55.9 Å². The van der Waals surface area contributed by atoms with Crippen molar-refractivity contribution < 1.29 is 9.53 Å². The lowest BCUT2D eigenvalue weighted by molar-refractivity contribution is -0.132. The highest BCUT2D eigenvalue weighted by Crippen LogP contribution is 2.40. The van der Waals surface area contributed by atoms with Crippen LogP contribution in [0.2, 0.25) is 0 Å². The maximum Gasteiger partial charge on any atom is 0.222 e. The van der Waals surface area contributed by atoms with Gasteiger partial charge in [-0.25, -0.2) is 9.97 Å². The van der Waals surface area contributed by atoms with Crippen LogP contribution in [0, 0.1) is 11.3 Å². The molecule has 1 aliphatic heterocycles. The number of imidazole rings is 1. The fraction of sp³-hybridized carbons (Fsp3) is 0.485.